The Balaban J connectivity index is 1.30. The minimum Gasteiger partial charge on any atom is -0.493 e. The number of carbonyl (C=O) groups excluding carboxylic acids is 1. The van der Waals surface area contributed by atoms with Crippen LogP contribution in [0.5, 0.6) is 11.5 Å². The minimum absolute atomic E-state index is 0.257. The molecule has 1 amide bonds. The van der Waals surface area contributed by atoms with E-state index in [0.717, 1.165) is 17.1 Å². The second-order valence-electron chi connectivity index (χ2n) is 7.25. The number of amides is 1. The Bertz CT molecular complexity index is 1400. The number of hydrogen-bond donors (Lipinski definition) is 1. The summed E-state index contributed by atoms with van der Waals surface area (Å²) in [6, 6.07) is 14.7. The Morgan fingerprint density at radius 1 is 1.15 bits per heavy atom. The lowest BCUT2D eigenvalue weighted by Crippen LogP contribution is -2.12. The van der Waals surface area contributed by atoms with Crippen LogP contribution in [-0.4, -0.2) is 27.4 Å². The van der Waals surface area contributed by atoms with Gasteiger partial charge in [0.15, 0.2) is 22.3 Å². The van der Waals surface area contributed by atoms with Crippen molar-refractivity contribution in [3.63, 3.8) is 0 Å². The molecule has 0 saturated carbocycles. The zero-order valence-corrected chi connectivity index (χ0v) is 18.8. The molecule has 0 fully saturated rings. The number of carbonyl (C=O) groups is 1. The highest BCUT2D eigenvalue weighted by Crippen LogP contribution is 2.31. The predicted octanol–water partition coefficient (Wildman–Crippen LogP) is 5.20. The summed E-state index contributed by atoms with van der Waals surface area (Å²) in [4.78, 5) is 21.7. The van der Waals surface area contributed by atoms with E-state index < -0.39 is 0 Å². The lowest BCUT2D eigenvalue weighted by atomic mass is 10.2. The van der Waals surface area contributed by atoms with Crippen LogP contribution in [0.4, 0.5) is 5.69 Å². The molecular formula is C24H20N4O4S. The number of ether oxygens (including phenoxy) is 2. The molecule has 1 aromatic carbocycles. The zero-order valence-electron chi connectivity index (χ0n) is 17.9. The normalized spacial score (nSPS) is 11.0. The van der Waals surface area contributed by atoms with E-state index in [9.17, 15) is 4.79 Å². The summed E-state index contributed by atoms with van der Waals surface area (Å²) in [5.74, 6) is 2.17. The SMILES string of the molecule is COc1ccc(NC(=O)c2csc(-c3ccc(C)o3)n2)cc1OCc1cn2ccccc2n1. The van der Waals surface area contributed by atoms with Gasteiger partial charge in [-0.05, 0) is 43.3 Å². The molecule has 0 aliphatic heterocycles. The number of nitrogens with zero attached hydrogens (tertiary/aromatic N) is 3. The highest BCUT2D eigenvalue weighted by molar-refractivity contribution is 7.13. The number of nitrogens with one attached hydrogen (secondary N) is 1. The average Bonchev–Trinajstić information content (AvgIpc) is 3.56. The number of anilines is 1. The molecule has 0 aliphatic rings. The van der Waals surface area contributed by atoms with E-state index in [-0.39, 0.29) is 12.5 Å². The molecule has 0 bridgehead atoms. The third kappa shape index (κ3) is 4.44. The van der Waals surface area contributed by atoms with Gasteiger partial charge in [0.1, 0.15) is 23.7 Å². The van der Waals surface area contributed by atoms with Crippen LogP contribution in [0.15, 0.2) is 70.7 Å². The number of aromatic nitrogens is 3. The summed E-state index contributed by atoms with van der Waals surface area (Å²) in [7, 11) is 1.57. The Morgan fingerprint density at radius 2 is 2.06 bits per heavy atom. The van der Waals surface area contributed by atoms with Gasteiger partial charge in [0.25, 0.3) is 5.91 Å². The molecule has 0 atom stereocenters. The molecule has 5 rings (SSSR count). The van der Waals surface area contributed by atoms with E-state index in [1.165, 1.54) is 11.3 Å². The van der Waals surface area contributed by atoms with Gasteiger partial charge in [-0.15, -0.1) is 11.3 Å². The van der Waals surface area contributed by atoms with Crippen molar-refractivity contribution < 1.29 is 18.7 Å². The molecule has 8 nitrogen and oxygen atoms in total. The van der Waals surface area contributed by atoms with Crippen LogP contribution < -0.4 is 14.8 Å². The number of pyridine rings is 1. The number of methoxy groups -OCH3 is 1. The maximum Gasteiger partial charge on any atom is 0.275 e. The van der Waals surface area contributed by atoms with E-state index in [1.807, 2.05) is 54.0 Å². The van der Waals surface area contributed by atoms with Gasteiger partial charge in [-0.3, -0.25) is 4.79 Å². The number of fused-ring (bicyclic) bond motifs is 1. The van der Waals surface area contributed by atoms with Crippen molar-refractivity contribution in [2.75, 3.05) is 12.4 Å². The lowest BCUT2D eigenvalue weighted by molar-refractivity contribution is 0.102. The first-order valence-corrected chi connectivity index (χ1v) is 11.0. The van der Waals surface area contributed by atoms with E-state index in [4.69, 9.17) is 13.9 Å². The summed E-state index contributed by atoms with van der Waals surface area (Å²) < 4.78 is 18.9. The number of imidazole rings is 1. The number of benzene rings is 1. The van der Waals surface area contributed by atoms with E-state index in [1.54, 1.807) is 30.7 Å². The van der Waals surface area contributed by atoms with Gasteiger partial charge >= 0.3 is 0 Å². The molecule has 9 heteroatoms. The lowest BCUT2D eigenvalue weighted by Gasteiger charge is -2.12. The van der Waals surface area contributed by atoms with Gasteiger partial charge in [-0.1, -0.05) is 6.07 Å². The fourth-order valence-corrected chi connectivity index (χ4v) is 4.07. The smallest absolute Gasteiger partial charge is 0.275 e. The maximum absolute atomic E-state index is 12.7. The molecule has 4 aromatic heterocycles. The number of aryl methyl sites for hydroxylation is 1. The largest absolute Gasteiger partial charge is 0.493 e. The van der Waals surface area contributed by atoms with Gasteiger partial charge in [0.05, 0.1) is 12.8 Å². The molecule has 0 radical (unpaired) electrons. The molecular weight excluding hydrogens is 440 g/mol. The molecule has 0 aliphatic carbocycles. The number of thiazole rings is 1. The van der Waals surface area contributed by atoms with Gasteiger partial charge < -0.3 is 23.6 Å². The Hall–Kier alpha value is -4.11. The van der Waals surface area contributed by atoms with Gasteiger partial charge in [-0.2, -0.15) is 0 Å². The predicted molar refractivity (Wildman–Crippen MR) is 125 cm³/mol. The van der Waals surface area contributed by atoms with Crippen LogP contribution >= 0.6 is 11.3 Å². The Kier molecular flexibility index (Phi) is 5.54. The third-order valence-electron chi connectivity index (χ3n) is 4.90. The summed E-state index contributed by atoms with van der Waals surface area (Å²) in [5.41, 5.74) is 2.50. The van der Waals surface area contributed by atoms with E-state index in [2.05, 4.69) is 15.3 Å². The first-order chi connectivity index (χ1) is 16.1. The quantitative estimate of drug-likeness (QED) is 0.359. The van der Waals surface area contributed by atoms with Crippen molar-refractivity contribution in [2.24, 2.45) is 0 Å². The van der Waals surface area contributed by atoms with Crippen molar-refractivity contribution in [3.8, 4) is 22.3 Å². The summed E-state index contributed by atoms with van der Waals surface area (Å²) in [6.45, 7) is 2.12. The van der Waals surface area contributed by atoms with Crippen molar-refractivity contribution in [3.05, 3.63) is 83.5 Å². The zero-order chi connectivity index (χ0) is 22.8. The van der Waals surface area contributed by atoms with Crippen LogP contribution in [0.3, 0.4) is 0 Å². The second-order valence-corrected chi connectivity index (χ2v) is 8.11. The topological polar surface area (TPSA) is 90.9 Å². The highest BCUT2D eigenvalue weighted by atomic mass is 32.1. The molecule has 0 spiro atoms. The van der Waals surface area contributed by atoms with E-state index >= 15 is 0 Å². The first-order valence-electron chi connectivity index (χ1n) is 10.2. The molecule has 0 saturated heterocycles. The fourth-order valence-electron chi connectivity index (χ4n) is 3.31. The van der Waals surface area contributed by atoms with Crippen molar-refractivity contribution in [2.45, 2.75) is 13.5 Å². The first kappa shape index (κ1) is 20.8. The maximum atomic E-state index is 12.7. The summed E-state index contributed by atoms with van der Waals surface area (Å²) in [5, 5.41) is 5.21. The van der Waals surface area contributed by atoms with Crippen LogP contribution in [-0.2, 0) is 6.61 Å². The third-order valence-corrected chi connectivity index (χ3v) is 5.76. The van der Waals surface area contributed by atoms with Crippen LogP contribution in [0.25, 0.3) is 16.4 Å². The van der Waals surface area contributed by atoms with Crippen LogP contribution in [0, 0.1) is 6.92 Å². The molecule has 33 heavy (non-hydrogen) atoms. The highest BCUT2D eigenvalue weighted by Gasteiger charge is 2.15. The van der Waals surface area contributed by atoms with Crippen molar-refractivity contribution in [1.29, 1.82) is 0 Å². The summed E-state index contributed by atoms with van der Waals surface area (Å²) >= 11 is 1.35. The molecule has 5 aromatic rings. The number of rotatable bonds is 7. The van der Waals surface area contributed by atoms with E-state index in [0.29, 0.717) is 33.6 Å². The van der Waals surface area contributed by atoms with Gasteiger partial charge in [-0.25, -0.2) is 9.97 Å². The molecule has 1 N–H and O–H groups in total. The summed E-state index contributed by atoms with van der Waals surface area (Å²) in [6.07, 6.45) is 3.84. The standard InChI is InChI=1S/C24H20N4O4S/c1-15-6-8-20(32-15)24-27-18(14-33-24)23(29)26-16-7-9-19(30-2)21(11-16)31-13-17-12-28-10-4-3-5-22(28)25-17/h3-12,14H,13H2,1-2H3,(H,26,29). The van der Waals surface area contributed by atoms with Crippen LogP contribution in [0.2, 0.25) is 0 Å². The Labute approximate surface area is 193 Å². The van der Waals surface area contributed by atoms with Crippen molar-refractivity contribution in [1.82, 2.24) is 14.4 Å². The van der Waals surface area contributed by atoms with Crippen LogP contribution in [0.1, 0.15) is 21.9 Å². The van der Waals surface area contributed by atoms with Crippen molar-refractivity contribution >= 4 is 28.6 Å². The molecule has 0 unspecified atom stereocenters. The minimum atomic E-state index is -0.322. The Morgan fingerprint density at radius 3 is 2.85 bits per heavy atom. The monoisotopic (exact) mass is 460 g/mol. The van der Waals surface area contributed by atoms with Gasteiger partial charge in [0.2, 0.25) is 0 Å². The molecule has 4 heterocycles. The molecule has 166 valence electrons. The number of hydrogen-bond acceptors (Lipinski definition) is 7. The van der Waals surface area contributed by atoms with Gasteiger partial charge in [0, 0.05) is 29.5 Å². The second kappa shape index (κ2) is 8.79. The average molecular weight is 461 g/mol. The number of furan rings is 1. The fraction of sp³-hybridized carbons (Fsp3) is 0.125.